The number of aromatic hydroxyl groups is 2. The fraction of sp³-hybridized carbons (Fsp3) is 0.133. The Morgan fingerprint density at radius 3 is 2.55 bits per heavy atom. The summed E-state index contributed by atoms with van der Waals surface area (Å²) in [5, 5.41) is 21.9. The Kier molecular flexibility index (Phi) is 3.79. The Hall–Kier alpha value is -2.69. The van der Waals surface area contributed by atoms with Crippen molar-refractivity contribution in [3.05, 3.63) is 47.5 Å². The molecule has 5 nitrogen and oxygen atoms in total. The molecule has 0 heterocycles. The van der Waals surface area contributed by atoms with Crippen molar-refractivity contribution in [1.82, 2.24) is 0 Å². The first-order valence-electron chi connectivity index (χ1n) is 6.00. The molecule has 0 bridgehead atoms. The summed E-state index contributed by atoms with van der Waals surface area (Å²) in [5.74, 6) is -0.0695. The van der Waals surface area contributed by atoms with Gasteiger partial charge in [-0.25, -0.2) is 0 Å². The molecule has 3 N–H and O–H groups in total. The molecule has 0 saturated carbocycles. The number of anilines is 1. The number of nitrogens with one attached hydrogen (secondary N) is 1. The lowest BCUT2D eigenvalue weighted by atomic mass is 10.1. The Balaban J connectivity index is 2.24. The molecule has 0 atom stereocenters. The minimum atomic E-state index is -0.378. The van der Waals surface area contributed by atoms with Crippen molar-refractivity contribution >= 4 is 11.6 Å². The number of rotatable bonds is 3. The van der Waals surface area contributed by atoms with Gasteiger partial charge in [0, 0.05) is 16.8 Å². The molecule has 0 aliphatic carbocycles. The maximum absolute atomic E-state index is 12.1. The van der Waals surface area contributed by atoms with Gasteiger partial charge in [-0.2, -0.15) is 0 Å². The van der Waals surface area contributed by atoms with Crippen LogP contribution in [0.2, 0.25) is 0 Å². The molecular formula is C15H15NO4. The van der Waals surface area contributed by atoms with E-state index in [2.05, 4.69) is 5.32 Å². The molecule has 2 aromatic carbocycles. The van der Waals surface area contributed by atoms with Crippen LogP contribution in [-0.2, 0) is 0 Å². The fourth-order valence-electron chi connectivity index (χ4n) is 1.78. The summed E-state index contributed by atoms with van der Waals surface area (Å²) in [6.07, 6.45) is 0. The average Bonchev–Trinajstić information content (AvgIpc) is 2.43. The average molecular weight is 273 g/mol. The molecule has 2 aromatic rings. The number of benzene rings is 2. The summed E-state index contributed by atoms with van der Waals surface area (Å²) in [4.78, 5) is 12.1. The van der Waals surface area contributed by atoms with Crippen LogP contribution in [0, 0.1) is 6.92 Å². The van der Waals surface area contributed by atoms with E-state index in [4.69, 9.17) is 4.74 Å². The molecule has 0 radical (unpaired) electrons. The van der Waals surface area contributed by atoms with Gasteiger partial charge < -0.3 is 20.3 Å². The molecule has 0 unspecified atom stereocenters. The van der Waals surface area contributed by atoms with E-state index in [0.29, 0.717) is 22.6 Å². The molecule has 104 valence electrons. The first kappa shape index (κ1) is 13.7. The second kappa shape index (κ2) is 5.52. The molecule has 1 amide bonds. The zero-order chi connectivity index (χ0) is 14.7. The second-order valence-corrected chi connectivity index (χ2v) is 4.29. The third kappa shape index (κ3) is 2.66. The predicted molar refractivity (Wildman–Crippen MR) is 75.5 cm³/mol. The van der Waals surface area contributed by atoms with Crippen molar-refractivity contribution in [2.24, 2.45) is 0 Å². The third-order valence-electron chi connectivity index (χ3n) is 2.99. The highest BCUT2D eigenvalue weighted by Gasteiger charge is 2.11. The number of hydrogen-bond acceptors (Lipinski definition) is 4. The van der Waals surface area contributed by atoms with Gasteiger partial charge in [0.2, 0.25) is 0 Å². The van der Waals surface area contributed by atoms with Crippen molar-refractivity contribution in [1.29, 1.82) is 0 Å². The summed E-state index contributed by atoms with van der Waals surface area (Å²) in [7, 11) is 1.44. The quantitative estimate of drug-likeness (QED) is 0.803. The van der Waals surface area contributed by atoms with E-state index in [1.165, 1.54) is 19.2 Å². The predicted octanol–water partition coefficient (Wildman–Crippen LogP) is 2.67. The Morgan fingerprint density at radius 2 is 1.90 bits per heavy atom. The van der Waals surface area contributed by atoms with E-state index in [1.54, 1.807) is 31.2 Å². The molecule has 0 saturated heterocycles. The Morgan fingerprint density at radius 1 is 1.15 bits per heavy atom. The second-order valence-electron chi connectivity index (χ2n) is 4.29. The van der Waals surface area contributed by atoms with Crippen molar-refractivity contribution in [2.75, 3.05) is 12.4 Å². The highest BCUT2D eigenvalue weighted by atomic mass is 16.5. The largest absolute Gasteiger partial charge is 0.508 e. The van der Waals surface area contributed by atoms with Crippen LogP contribution in [0.5, 0.6) is 17.2 Å². The Bertz CT molecular complexity index is 652. The van der Waals surface area contributed by atoms with E-state index in [1.807, 2.05) is 0 Å². The number of carbonyl (C=O) groups excluding carboxylic acids is 1. The lowest BCUT2D eigenvalue weighted by molar-refractivity contribution is 0.102. The van der Waals surface area contributed by atoms with Crippen molar-refractivity contribution in [3.8, 4) is 17.2 Å². The molecule has 0 aliphatic rings. The monoisotopic (exact) mass is 273 g/mol. The smallest absolute Gasteiger partial charge is 0.255 e. The summed E-state index contributed by atoms with van der Waals surface area (Å²) < 4.78 is 4.92. The van der Waals surface area contributed by atoms with Gasteiger partial charge in [0.15, 0.2) is 11.5 Å². The Labute approximate surface area is 116 Å². The highest BCUT2D eigenvalue weighted by Crippen LogP contribution is 2.28. The van der Waals surface area contributed by atoms with Crippen LogP contribution in [0.25, 0.3) is 0 Å². The van der Waals surface area contributed by atoms with Crippen molar-refractivity contribution in [3.63, 3.8) is 0 Å². The van der Waals surface area contributed by atoms with E-state index < -0.39 is 0 Å². The molecule has 0 aliphatic heterocycles. The molecule has 20 heavy (non-hydrogen) atoms. The van der Waals surface area contributed by atoms with Gasteiger partial charge in [-0.15, -0.1) is 0 Å². The number of phenols is 2. The van der Waals surface area contributed by atoms with E-state index >= 15 is 0 Å². The van der Waals surface area contributed by atoms with Gasteiger partial charge in [-0.1, -0.05) is 6.07 Å². The van der Waals surface area contributed by atoms with Crippen LogP contribution < -0.4 is 10.1 Å². The number of amides is 1. The van der Waals surface area contributed by atoms with E-state index in [9.17, 15) is 15.0 Å². The number of ether oxygens (including phenoxy) is 1. The zero-order valence-electron chi connectivity index (χ0n) is 11.2. The van der Waals surface area contributed by atoms with Crippen LogP contribution in [0.4, 0.5) is 5.69 Å². The number of phenolic OH excluding ortho intramolecular Hbond substituents is 2. The maximum Gasteiger partial charge on any atom is 0.255 e. The third-order valence-corrected chi connectivity index (χ3v) is 2.99. The lowest BCUT2D eigenvalue weighted by Crippen LogP contribution is -2.12. The number of carbonyl (C=O) groups is 1. The lowest BCUT2D eigenvalue weighted by Gasteiger charge is -2.10. The molecule has 2 rings (SSSR count). The topological polar surface area (TPSA) is 78.8 Å². The van der Waals surface area contributed by atoms with Crippen molar-refractivity contribution < 1.29 is 19.7 Å². The van der Waals surface area contributed by atoms with Crippen LogP contribution in [0.15, 0.2) is 36.4 Å². The maximum atomic E-state index is 12.1. The molecule has 0 spiro atoms. The van der Waals surface area contributed by atoms with Gasteiger partial charge in [0.1, 0.15) is 5.75 Å². The van der Waals surface area contributed by atoms with Crippen LogP contribution in [0.3, 0.4) is 0 Å². The summed E-state index contributed by atoms with van der Waals surface area (Å²) in [6.45, 7) is 1.70. The SMILES string of the molecule is COc1ccc(C(=O)Nc2cccc(O)c2C)cc1O. The van der Waals surface area contributed by atoms with Crippen LogP contribution in [0.1, 0.15) is 15.9 Å². The van der Waals surface area contributed by atoms with Gasteiger partial charge in [-0.05, 0) is 37.3 Å². The minimum absolute atomic E-state index is 0.104. The van der Waals surface area contributed by atoms with E-state index in [-0.39, 0.29) is 17.4 Å². The summed E-state index contributed by atoms with van der Waals surface area (Å²) in [6, 6.07) is 9.27. The van der Waals surface area contributed by atoms with Gasteiger partial charge in [0.25, 0.3) is 5.91 Å². The molecular weight excluding hydrogens is 258 g/mol. The number of hydrogen-bond donors (Lipinski definition) is 3. The molecule has 0 aromatic heterocycles. The van der Waals surface area contributed by atoms with Crippen LogP contribution >= 0.6 is 0 Å². The first-order valence-corrected chi connectivity index (χ1v) is 6.00. The molecule has 5 heteroatoms. The van der Waals surface area contributed by atoms with Gasteiger partial charge in [-0.3, -0.25) is 4.79 Å². The van der Waals surface area contributed by atoms with Crippen molar-refractivity contribution in [2.45, 2.75) is 6.92 Å². The fourth-order valence-corrected chi connectivity index (χ4v) is 1.78. The van der Waals surface area contributed by atoms with Gasteiger partial charge in [0.05, 0.1) is 7.11 Å². The highest BCUT2D eigenvalue weighted by molar-refractivity contribution is 6.05. The minimum Gasteiger partial charge on any atom is -0.508 e. The van der Waals surface area contributed by atoms with E-state index in [0.717, 1.165) is 0 Å². The van der Waals surface area contributed by atoms with Gasteiger partial charge >= 0.3 is 0 Å². The van der Waals surface area contributed by atoms with Crippen LogP contribution in [-0.4, -0.2) is 23.2 Å². The normalized spacial score (nSPS) is 10.1. The zero-order valence-corrected chi connectivity index (χ0v) is 11.2. The molecule has 0 fully saturated rings. The summed E-state index contributed by atoms with van der Waals surface area (Å²) >= 11 is 0. The first-order chi connectivity index (χ1) is 9.52. The summed E-state index contributed by atoms with van der Waals surface area (Å²) in [5.41, 5.74) is 1.40. The standard InChI is InChI=1S/C15H15NO4/c1-9-11(4-3-5-12(9)17)16-15(19)10-6-7-14(20-2)13(18)8-10/h3-8,17-18H,1-2H3,(H,16,19). The number of methoxy groups -OCH3 is 1.